The van der Waals surface area contributed by atoms with Gasteiger partial charge in [-0.05, 0) is 49.9 Å². The fraction of sp³-hybridized carbons (Fsp3) is 0.375. The van der Waals surface area contributed by atoms with Crippen molar-refractivity contribution in [1.82, 2.24) is 14.7 Å². The highest BCUT2D eigenvalue weighted by molar-refractivity contribution is 5.83. The van der Waals surface area contributed by atoms with Crippen LogP contribution in [0.25, 0.3) is 10.8 Å². The predicted octanol–water partition coefficient (Wildman–Crippen LogP) is 3.86. The van der Waals surface area contributed by atoms with E-state index in [4.69, 9.17) is 0 Å². The van der Waals surface area contributed by atoms with E-state index in [1.807, 2.05) is 30.0 Å². The van der Waals surface area contributed by atoms with Crippen molar-refractivity contribution >= 4 is 16.7 Å². The fourth-order valence-corrected chi connectivity index (χ4v) is 4.36. The largest absolute Gasteiger partial charge is 0.338 e. The summed E-state index contributed by atoms with van der Waals surface area (Å²) in [5, 5.41) is 5.79. The SMILES string of the molecule is Cc1nn(CC(=O)N(CCc2ccc(F)cc2)C2CCCC2)c(=O)c2ccccc12. The van der Waals surface area contributed by atoms with Crippen LogP contribution >= 0.6 is 0 Å². The van der Waals surface area contributed by atoms with E-state index in [9.17, 15) is 14.0 Å². The van der Waals surface area contributed by atoms with Crippen LogP contribution in [0.15, 0.2) is 53.3 Å². The maximum Gasteiger partial charge on any atom is 0.275 e. The molecule has 0 spiro atoms. The van der Waals surface area contributed by atoms with Crippen LogP contribution in [0.4, 0.5) is 4.39 Å². The Kier molecular flexibility index (Phi) is 5.93. The van der Waals surface area contributed by atoms with Crippen molar-refractivity contribution in [2.45, 2.75) is 51.6 Å². The molecule has 0 atom stereocenters. The van der Waals surface area contributed by atoms with Gasteiger partial charge in [-0.2, -0.15) is 5.10 Å². The number of nitrogens with zero attached hydrogens (tertiary/aromatic N) is 3. The van der Waals surface area contributed by atoms with Crippen LogP contribution in [0, 0.1) is 12.7 Å². The quantitative estimate of drug-likeness (QED) is 0.624. The average Bonchev–Trinajstić information content (AvgIpc) is 3.28. The highest BCUT2D eigenvalue weighted by atomic mass is 19.1. The molecule has 1 heterocycles. The van der Waals surface area contributed by atoms with Gasteiger partial charge in [-0.1, -0.05) is 43.2 Å². The maximum absolute atomic E-state index is 13.2. The van der Waals surface area contributed by atoms with Gasteiger partial charge in [0.25, 0.3) is 5.56 Å². The number of halogens is 1. The molecule has 6 heteroatoms. The minimum Gasteiger partial charge on any atom is -0.338 e. The molecule has 1 aliphatic rings. The molecule has 1 saturated carbocycles. The number of benzene rings is 2. The number of hydrogen-bond acceptors (Lipinski definition) is 3. The number of carbonyl (C=O) groups is 1. The monoisotopic (exact) mass is 407 g/mol. The molecule has 1 aromatic heterocycles. The van der Waals surface area contributed by atoms with E-state index in [1.165, 1.54) is 16.8 Å². The first-order chi connectivity index (χ1) is 14.5. The number of hydrogen-bond donors (Lipinski definition) is 0. The summed E-state index contributed by atoms with van der Waals surface area (Å²) in [6, 6.07) is 13.9. The molecule has 30 heavy (non-hydrogen) atoms. The lowest BCUT2D eigenvalue weighted by molar-refractivity contribution is -0.134. The molecule has 0 aliphatic heterocycles. The summed E-state index contributed by atoms with van der Waals surface area (Å²) in [4.78, 5) is 28.0. The molecule has 0 N–H and O–H groups in total. The Labute approximate surface area is 175 Å². The Bertz CT molecular complexity index is 1100. The van der Waals surface area contributed by atoms with E-state index in [-0.39, 0.29) is 29.9 Å². The number of rotatable bonds is 6. The van der Waals surface area contributed by atoms with Crippen LogP contribution in [0.5, 0.6) is 0 Å². The molecule has 4 rings (SSSR count). The normalized spacial score (nSPS) is 14.3. The smallest absolute Gasteiger partial charge is 0.275 e. The standard InChI is InChI=1S/C24H26FN3O2/c1-17-21-8-4-5-9-22(21)24(30)28(26-17)16-23(29)27(20-6-2-3-7-20)15-14-18-10-12-19(25)13-11-18/h4-5,8-13,20H,2-3,6-7,14-16H2,1H3. The van der Waals surface area contributed by atoms with Gasteiger partial charge in [0.1, 0.15) is 12.4 Å². The van der Waals surface area contributed by atoms with Crippen molar-refractivity contribution in [3.63, 3.8) is 0 Å². The van der Waals surface area contributed by atoms with Gasteiger partial charge >= 0.3 is 0 Å². The lowest BCUT2D eigenvalue weighted by atomic mass is 10.1. The van der Waals surface area contributed by atoms with Crippen LogP contribution in [0.3, 0.4) is 0 Å². The number of fused-ring (bicyclic) bond motifs is 1. The number of aryl methyl sites for hydroxylation is 1. The van der Waals surface area contributed by atoms with Gasteiger partial charge < -0.3 is 4.90 Å². The Morgan fingerprint density at radius 1 is 1.10 bits per heavy atom. The zero-order valence-corrected chi connectivity index (χ0v) is 17.2. The van der Waals surface area contributed by atoms with Gasteiger partial charge in [0, 0.05) is 18.0 Å². The molecular weight excluding hydrogens is 381 g/mol. The molecule has 0 bridgehead atoms. The van der Waals surface area contributed by atoms with Crippen LogP contribution in [-0.2, 0) is 17.8 Å². The molecule has 3 aromatic rings. The van der Waals surface area contributed by atoms with E-state index in [0.29, 0.717) is 18.4 Å². The summed E-state index contributed by atoms with van der Waals surface area (Å²) in [7, 11) is 0. The van der Waals surface area contributed by atoms with Crippen molar-refractivity contribution in [2.75, 3.05) is 6.54 Å². The molecule has 2 aromatic carbocycles. The maximum atomic E-state index is 13.2. The highest BCUT2D eigenvalue weighted by Gasteiger charge is 2.27. The van der Waals surface area contributed by atoms with Crippen molar-refractivity contribution in [3.8, 4) is 0 Å². The summed E-state index contributed by atoms with van der Waals surface area (Å²) in [6.07, 6.45) is 4.83. The van der Waals surface area contributed by atoms with E-state index in [2.05, 4.69) is 5.10 Å². The Hall–Kier alpha value is -3.02. The van der Waals surface area contributed by atoms with Crippen molar-refractivity contribution < 1.29 is 9.18 Å². The Morgan fingerprint density at radius 2 is 1.77 bits per heavy atom. The lowest BCUT2D eigenvalue weighted by Gasteiger charge is -2.29. The third kappa shape index (κ3) is 4.27. The van der Waals surface area contributed by atoms with Gasteiger partial charge in [-0.25, -0.2) is 9.07 Å². The van der Waals surface area contributed by atoms with E-state index >= 15 is 0 Å². The highest BCUT2D eigenvalue weighted by Crippen LogP contribution is 2.24. The van der Waals surface area contributed by atoms with Crippen molar-refractivity contribution in [1.29, 1.82) is 0 Å². The molecule has 0 radical (unpaired) electrons. The van der Waals surface area contributed by atoms with Crippen molar-refractivity contribution in [3.05, 3.63) is 76.0 Å². The number of aromatic nitrogens is 2. The van der Waals surface area contributed by atoms with Crippen LogP contribution in [0.1, 0.15) is 36.9 Å². The molecule has 1 fully saturated rings. The molecule has 0 unspecified atom stereocenters. The first-order valence-corrected chi connectivity index (χ1v) is 10.5. The minimum absolute atomic E-state index is 0.0651. The second-order valence-electron chi connectivity index (χ2n) is 8.00. The third-order valence-corrected chi connectivity index (χ3v) is 5.98. The zero-order chi connectivity index (χ0) is 21.1. The predicted molar refractivity (Wildman–Crippen MR) is 115 cm³/mol. The van der Waals surface area contributed by atoms with Gasteiger partial charge in [-0.15, -0.1) is 0 Å². The lowest BCUT2D eigenvalue weighted by Crippen LogP contribution is -2.43. The zero-order valence-electron chi connectivity index (χ0n) is 17.2. The summed E-state index contributed by atoms with van der Waals surface area (Å²) in [5.41, 5.74) is 1.48. The second-order valence-corrected chi connectivity index (χ2v) is 8.00. The van der Waals surface area contributed by atoms with Crippen LogP contribution in [0.2, 0.25) is 0 Å². The van der Waals surface area contributed by atoms with Crippen LogP contribution < -0.4 is 5.56 Å². The molecule has 5 nitrogen and oxygen atoms in total. The van der Waals surface area contributed by atoms with Gasteiger partial charge in [0.05, 0.1) is 11.1 Å². The molecular formula is C24H26FN3O2. The first-order valence-electron chi connectivity index (χ1n) is 10.5. The fourth-order valence-electron chi connectivity index (χ4n) is 4.36. The molecule has 1 aliphatic carbocycles. The van der Waals surface area contributed by atoms with Crippen LogP contribution in [-0.4, -0.2) is 33.2 Å². The van der Waals surface area contributed by atoms with Gasteiger partial charge in [0.2, 0.25) is 5.91 Å². The number of carbonyl (C=O) groups excluding carboxylic acids is 1. The first kappa shape index (κ1) is 20.3. The summed E-state index contributed by atoms with van der Waals surface area (Å²) < 4.78 is 14.5. The van der Waals surface area contributed by atoms with Gasteiger partial charge in [0.15, 0.2) is 0 Å². The Balaban J connectivity index is 1.56. The van der Waals surface area contributed by atoms with Crippen molar-refractivity contribution in [2.24, 2.45) is 0 Å². The number of amides is 1. The van der Waals surface area contributed by atoms with Gasteiger partial charge in [-0.3, -0.25) is 9.59 Å². The second kappa shape index (κ2) is 8.78. The topological polar surface area (TPSA) is 55.2 Å². The third-order valence-electron chi connectivity index (χ3n) is 5.98. The molecule has 0 saturated heterocycles. The van der Waals surface area contributed by atoms with E-state index in [0.717, 1.165) is 42.3 Å². The van der Waals surface area contributed by atoms with E-state index < -0.39 is 0 Å². The summed E-state index contributed by atoms with van der Waals surface area (Å²) >= 11 is 0. The molecule has 1 amide bonds. The van der Waals surface area contributed by atoms with E-state index in [1.54, 1.807) is 18.2 Å². The summed E-state index contributed by atoms with van der Waals surface area (Å²) in [5.74, 6) is -0.354. The average molecular weight is 407 g/mol. The Morgan fingerprint density at radius 3 is 2.47 bits per heavy atom. The molecule has 156 valence electrons. The summed E-state index contributed by atoms with van der Waals surface area (Å²) in [6.45, 7) is 2.34. The minimum atomic E-state index is -0.264.